The summed E-state index contributed by atoms with van der Waals surface area (Å²) in [5, 5.41) is 8.57. The highest BCUT2D eigenvalue weighted by Gasteiger charge is 2.53. The molecular weight excluding hydrogens is 158 g/mol. The molecule has 0 unspecified atom stereocenters. The van der Waals surface area contributed by atoms with Crippen molar-refractivity contribution in [3.63, 3.8) is 0 Å². The van der Waals surface area contributed by atoms with Crippen LogP contribution in [0, 0.1) is 16.7 Å². The fourth-order valence-corrected chi connectivity index (χ4v) is 0.907. The van der Waals surface area contributed by atoms with E-state index in [1.165, 1.54) is 0 Å². The standard InChI is InChI=1S/C8H9NO3/c1-2-12-7(11)6(10)8(5-9)3-4-8/h2-4H2,1H3. The minimum atomic E-state index is -1.04. The lowest BCUT2D eigenvalue weighted by atomic mass is 10.0. The Morgan fingerprint density at radius 1 is 1.58 bits per heavy atom. The van der Waals surface area contributed by atoms with E-state index in [1.54, 1.807) is 6.92 Å². The number of hydrogen-bond acceptors (Lipinski definition) is 4. The Morgan fingerprint density at radius 2 is 2.17 bits per heavy atom. The van der Waals surface area contributed by atoms with Crippen LogP contribution in [-0.2, 0) is 14.3 Å². The van der Waals surface area contributed by atoms with Gasteiger partial charge in [0.15, 0.2) is 0 Å². The van der Waals surface area contributed by atoms with E-state index in [0.717, 1.165) is 0 Å². The summed E-state index contributed by atoms with van der Waals surface area (Å²) < 4.78 is 4.49. The van der Waals surface area contributed by atoms with Gasteiger partial charge in [-0.25, -0.2) is 4.79 Å². The van der Waals surface area contributed by atoms with Crippen LogP contribution in [0.25, 0.3) is 0 Å². The number of carbonyl (C=O) groups is 2. The zero-order valence-corrected chi connectivity index (χ0v) is 6.79. The van der Waals surface area contributed by atoms with Crippen molar-refractivity contribution in [3.05, 3.63) is 0 Å². The molecule has 0 spiro atoms. The lowest BCUT2D eigenvalue weighted by Gasteiger charge is -2.02. The van der Waals surface area contributed by atoms with Crippen molar-refractivity contribution >= 4 is 11.8 Å². The van der Waals surface area contributed by atoms with E-state index in [0.29, 0.717) is 12.8 Å². The van der Waals surface area contributed by atoms with Crippen LogP contribution in [-0.4, -0.2) is 18.4 Å². The zero-order valence-electron chi connectivity index (χ0n) is 6.79. The highest BCUT2D eigenvalue weighted by Crippen LogP contribution is 2.45. The van der Waals surface area contributed by atoms with Crippen molar-refractivity contribution in [1.82, 2.24) is 0 Å². The summed E-state index contributed by atoms with van der Waals surface area (Å²) in [5.74, 6) is -1.57. The highest BCUT2D eigenvalue weighted by atomic mass is 16.5. The Hall–Kier alpha value is -1.37. The van der Waals surface area contributed by atoms with Crippen LogP contribution in [0.5, 0.6) is 0 Å². The minimum Gasteiger partial charge on any atom is -0.460 e. The van der Waals surface area contributed by atoms with E-state index >= 15 is 0 Å². The molecule has 64 valence electrons. The Bertz CT molecular complexity index is 260. The second kappa shape index (κ2) is 2.94. The van der Waals surface area contributed by atoms with Gasteiger partial charge in [-0.2, -0.15) is 5.26 Å². The number of ketones is 1. The lowest BCUT2D eigenvalue weighted by Crippen LogP contribution is -2.26. The molecule has 1 saturated carbocycles. The fraction of sp³-hybridized carbons (Fsp3) is 0.625. The average Bonchev–Trinajstić information content (AvgIpc) is 2.84. The molecule has 0 amide bonds. The minimum absolute atomic E-state index is 0.173. The number of nitrogens with zero attached hydrogens (tertiary/aromatic N) is 1. The van der Waals surface area contributed by atoms with Gasteiger partial charge in [-0.15, -0.1) is 0 Å². The first-order valence-corrected chi connectivity index (χ1v) is 3.79. The summed E-state index contributed by atoms with van der Waals surface area (Å²) in [7, 11) is 0. The largest absolute Gasteiger partial charge is 0.460 e. The summed E-state index contributed by atoms with van der Waals surface area (Å²) in [5.41, 5.74) is -1.04. The van der Waals surface area contributed by atoms with Gasteiger partial charge < -0.3 is 4.74 Å². The van der Waals surface area contributed by atoms with E-state index in [-0.39, 0.29) is 6.61 Å². The lowest BCUT2D eigenvalue weighted by molar-refractivity contribution is -0.155. The third kappa shape index (κ3) is 1.30. The molecule has 4 heteroatoms. The van der Waals surface area contributed by atoms with Crippen LogP contribution < -0.4 is 0 Å². The van der Waals surface area contributed by atoms with Crippen molar-refractivity contribution in [2.24, 2.45) is 5.41 Å². The smallest absolute Gasteiger partial charge is 0.376 e. The average molecular weight is 167 g/mol. The van der Waals surface area contributed by atoms with Gasteiger partial charge in [0.25, 0.3) is 5.78 Å². The topological polar surface area (TPSA) is 67.2 Å². The fourth-order valence-electron chi connectivity index (χ4n) is 0.907. The number of rotatable bonds is 3. The molecule has 0 heterocycles. The maximum absolute atomic E-state index is 11.2. The van der Waals surface area contributed by atoms with Crippen molar-refractivity contribution in [2.75, 3.05) is 6.61 Å². The normalized spacial score (nSPS) is 17.7. The molecule has 0 aliphatic heterocycles. The number of Topliss-reactive ketones (excluding diaryl/α,β-unsaturated/α-hetero) is 1. The Kier molecular flexibility index (Phi) is 2.13. The van der Waals surface area contributed by atoms with Crippen LogP contribution >= 0.6 is 0 Å². The molecule has 1 aliphatic rings. The van der Waals surface area contributed by atoms with Crippen LogP contribution in [0.1, 0.15) is 19.8 Å². The third-order valence-corrected chi connectivity index (χ3v) is 1.86. The molecule has 0 saturated heterocycles. The number of carbonyl (C=O) groups excluding carboxylic acids is 2. The van der Waals surface area contributed by atoms with E-state index in [9.17, 15) is 9.59 Å². The van der Waals surface area contributed by atoms with Gasteiger partial charge in [0, 0.05) is 0 Å². The molecule has 0 aromatic heterocycles. The van der Waals surface area contributed by atoms with E-state index in [4.69, 9.17) is 5.26 Å². The van der Waals surface area contributed by atoms with Crippen LogP contribution in [0.15, 0.2) is 0 Å². The predicted molar refractivity (Wildman–Crippen MR) is 38.9 cm³/mol. The van der Waals surface area contributed by atoms with Gasteiger partial charge in [0.2, 0.25) is 0 Å². The summed E-state index contributed by atoms with van der Waals surface area (Å²) in [4.78, 5) is 22.0. The third-order valence-electron chi connectivity index (χ3n) is 1.86. The molecule has 12 heavy (non-hydrogen) atoms. The van der Waals surface area contributed by atoms with Crippen LogP contribution in [0.3, 0.4) is 0 Å². The molecule has 0 bridgehead atoms. The first-order valence-electron chi connectivity index (χ1n) is 3.79. The number of nitriles is 1. The molecule has 0 aromatic rings. The molecule has 1 rings (SSSR count). The highest BCUT2D eigenvalue weighted by molar-refractivity contribution is 6.37. The van der Waals surface area contributed by atoms with Crippen molar-refractivity contribution < 1.29 is 14.3 Å². The first-order chi connectivity index (χ1) is 5.66. The quantitative estimate of drug-likeness (QED) is 0.451. The van der Waals surface area contributed by atoms with E-state index in [2.05, 4.69) is 4.74 Å². The van der Waals surface area contributed by atoms with Crippen molar-refractivity contribution in [2.45, 2.75) is 19.8 Å². The Labute approximate surface area is 70.1 Å². The van der Waals surface area contributed by atoms with Crippen molar-refractivity contribution in [1.29, 1.82) is 5.26 Å². The van der Waals surface area contributed by atoms with Crippen molar-refractivity contribution in [3.8, 4) is 6.07 Å². The summed E-state index contributed by atoms with van der Waals surface area (Å²) >= 11 is 0. The maximum Gasteiger partial charge on any atom is 0.376 e. The van der Waals surface area contributed by atoms with E-state index in [1.807, 2.05) is 6.07 Å². The molecule has 0 radical (unpaired) electrons. The second-order valence-corrected chi connectivity index (χ2v) is 2.74. The summed E-state index contributed by atoms with van der Waals surface area (Å²) in [6, 6.07) is 1.84. The predicted octanol–water partition coefficient (Wildman–Crippen LogP) is 0.422. The molecule has 1 fully saturated rings. The summed E-state index contributed by atoms with van der Waals surface area (Å²) in [6.45, 7) is 1.79. The van der Waals surface area contributed by atoms with E-state index < -0.39 is 17.2 Å². The Morgan fingerprint density at radius 3 is 2.50 bits per heavy atom. The molecular formula is C8H9NO3. The maximum atomic E-state index is 11.2. The van der Waals surface area contributed by atoms with Gasteiger partial charge in [0.05, 0.1) is 12.7 Å². The first kappa shape index (κ1) is 8.72. The van der Waals surface area contributed by atoms with Gasteiger partial charge in [-0.3, -0.25) is 4.79 Å². The number of ether oxygens (including phenoxy) is 1. The van der Waals surface area contributed by atoms with Gasteiger partial charge >= 0.3 is 5.97 Å². The van der Waals surface area contributed by atoms with Gasteiger partial charge in [-0.1, -0.05) is 0 Å². The van der Waals surface area contributed by atoms with Gasteiger partial charge in [-0.05, 0) is 19.8 Å². The summed E-state index contributed by atoms with van der Waals surface area (Å²) in [6.07, 6.45) is 0.974. The molecule has 1 aliphatic carbocycles. The van der Waals surface area contributed by atoms with Crippen LogP contribution in [0.4, 0.5) is 0 Å². The number of esters is 1. The second-order valence-electron chi connectivity index (χ2n) is 2.74. The zero-order chi connectivity index (χ0) is 9.19. The molecule has 0 aromatic carbocycles. The monoisotopic (exact) mass is 167 g/mol. The molecule has 4 nitrogen and oxygen atoms in total. The Balaban J connectivity index is 2.60. The van der Waals surface area contributed by atoms with Gasteiger partial charge in [0.1, 0.15) is 5.41 Å². The molecule has 0 N–H and O–H groups in total. The van der Waals surface area contributed by atoms with Crippen LogP contribution in [0.2, 0.25) is 0 Å². The SMILES string of the molecule is CCOC(=O)C(=O)C1(C#N)CC1. The number of hydrogen-bond donors (Lipinski definition) is 0. The molecule has 0 atom stereocenters.